The summed E-state index contributed by atoms with van der Waals surface area (Å²) in [5.74, 6) is -0.910. The van der Waals surface area contributed by atoms with Crippen LogP contribution in [0.5, 0.6) is 0 Å². The molecule has 1 atom stereocenters. The molecule has 0 fully saturated rings. The highest BCUT2D eigenvalue weighted by Gasteiger charge is 2.19. The lowest BCUT2D eigenvalue weighted by Crippen LogP contribution is -2.30. The molecule has 0 heterocycles. The van der Waals surface area contributed by atoms with Crippen molar-refractivity contribution in [1.29, 1.82) is 0 Å². The van der Waals surface area contributed by atoms with Crippen LogP contribution >= 0.6 is 0 Å². The van der Waals surface area contributed by atoms with Crippen LogP contribution in [-0.4, -0.2) is 37.2 Å². The third-order valence-electron chi connectivity index (χ3n) is 14.1. The summed E-state index contributed by atoms with van der Waals surface area (Å²) < 4.78 is 17.0. The number of hydrogen-bond acceptors (Lipinski definition) is 6. The van der Waals surface area contributed by atoms with Crippen LogP contribution in [-0.2, 0) is 28.6 Å². The van der Waals surface area contributed by atoms with Gasteiger partial charge in [-0.1, -0.05) is 283 Å². The second-order valence-electron chi connectivity index (χ2n) is 22.0. The van der Waals surface area contributed by atoms with Gasteiger partial charge in [0.25, 0.3) is 0 Å². The Hall–Kier alpha value is -4.45. The molecule has 1 unspecified atom stereocenters. The van der Waals surface area contributed by atoms with Gasteiger partial charge < -0.3 is 14.2 Å². The number of carbonyl (C=O) groups is 3. The number of esters is 3. The van der Waals surface area contributed by atoms with Crippen molar-refractivity contribution in [2.24, 2.45) is 0 Å². The number of ether oxygens (including phenoxy) is 3. The van der Waals surface area contributed by atoms with Crippen molar-refractivity contribution in [3.8, 4) is 0 Å². The molecule has 81 heavy (non-hydrogen) atoms. The van der Waals surface area contributed by atoms with E-state index in [2.05, 4.69) is 154 Å². The van der Waals surface area contributed by atoms with Gasteiger partial charge in [0.2, 0.25) is 0 Å². The van der Waals surface area contributed by atoms with Gasteiger partial charge in [0.15, 0.2) is 6.10 Å². The maximum absolute atomic E-state index is 12.9. The Morgan fingerprint density at radius 1 is 0.259 bits per heavy atom. The van der Waals surface area contributed by atoms with Crippen molar-refractivity contribution in [2.75, 3.05) is 13.2 Å². The summed E-state index contributed by atoms with van der Waals surface area (Å²) in [5.41, 5.74) is 0. The number of rotatable bonds is 60. The highest BCUT2D eigenvalue weighted by Crippen LogP contribution is 2.16. The molecular formula is C75H124O6. The van der Waals surface area contributed by atoms with E-state index in [1.807, 2.05) is 0 Å². The van der Waals surface area contributed by atoms with Gasteiger partial charge in [0.1, 0.15) is 13.2 Å². The predicted octanol–water partition coefficient (Wildman–Crippen LogP) is 23.3. The summed E-state index contributed by atoms with van der Waals surface area (Å²) >= 11 is 0. The molecule has 0 aliphatic rings. The Bertz CT molecular complexity index is 1720. The molecule has 0 N–H and O–H groups in total. The number of allylic oxidation sites excluding steroid dienone is 22. The summed E-state index contributed by atoms with van der Waals surface area (Å²) in [4.78, 5) is 38.4. The molecule has 6 heteroatoms. The van der Waals surface area contributed by atoms with Gasteiger partial charge in [-0.05, 0) is 135 Å². The molecule has 0 amide bonds. The van der Waals surface area contributed by atoms with E-state index < -0.39 is 6.10 Å². The quantitative estimate of drug-likeness (QED) is 0.0261. The van der Waals surface area contributed by atoms with Crippen molar-refractivity contribution in [3.63, 3.8) is 0 Å². The molecule has 0 spiro atoms. The minimum atomic E-state index is -0.797. The number of hydrogen-bond donors (Lipinski definition) is 0. The first-order valence-corrected chi connectivity index (χ1v) is 33.7. The highest BCUT2D eigenvalue weighted by molar-refractivity contribution is 5.71. The van der Waals surface area contributed by atoms with Crippen LogP contribution in [0.25, 0.3) is 0 Å². The lowest BCUT2D eigenvalue weighted by Gasteiger charge is -2.18. The molecule has 0 aliphatic heterocycles. The van der Waals surface area contributed by atoms with E-state index in [0.29, 0.717) is 19.3 Å². The second-order valence-corrected chi connectivity index (χ2v) is 22.0. The zero-order valence-electron chi connectivity index (χ0n) is 52.8. The molecule has 0 aromatic heterocycles. The topological polar surface area (TPSA) is 78.9 Å². The Kier molecular flexibility index (Phi) is 64.3. The average Bonchev–Trinajstić information content (AvgIpc) is 3.47. The van der Waals surface area contributed by atoms with Gasteiger partial charge >= 0.3 is 17.9 Å². The van der Waals surface area contributed by atoms with Crippen LogP contribution in [0.2, 0.25) is 0 Å². The van der Waals surface area contributed by atoms with Crippen LogP contribution in [0, 0.1) is 0 Å². The Morgan fingerprint density at radius 3 is 0.765 bits per heavy atom. The SMILES string of the molecule is CC/C=C\C/C=C\C/C=C\C/C=C\C/C=C\CCCCCCCCCCCC(=O)OCC(COC(=O)CCCCCCC/C=C\CCCCCCCC)OC(=O)CCCCCCCCC/C=C\C/C=C\C/C=C\C/C=C\C/C=C\CC. The van der Waals surface area contributed by atoms with Crippen LogP contribution < -0.4 is 0 Å². The second kappa shape index (κ2) is 68.1. The maximum Gasteiger partial charge on any atom is 0.306 e. The van der Waals surface area contributed by atoms with Gasteiger partial charge in [-0.15, -0.1) is 0 Å². The van der Waals surface area contributed by atoms with Crippen molar-refractivity contribution in [3.05, 3.63) is 134 Å². The first-order chi connectivity index (χ1) is 40.0. The Balaban J connectivity index is 4.41. The van der Waals surface area contributed by atoms with E-state index in [1.165, 1.54) is 122 Å². The fourth-order valence-electron chi connectivity index (χ4n) is 9.14. The van der Waals surface area contributed by atoms with Crippen LogP contribution in [0.3, 0.4) is 0 Å². The molecule has 0 saturated heterocycles. The maximum atomic E-state index is 12.9. The lowest BCUT2D eigenvalue weighted by molar-refractivity contribution is -0.167. The summed E-state index contributed by atoms with van der Waals surface area (Å²) in [5, 5.41) is 0. The molecule has 0 aromatic carbocycles. The molecule has 460 valence electrons. The normalized spacial score (nSPS) is 13.0. The number of carbonyl (C=O) groups excluding carboxylic acids is 3. The van der Waals surface area contributed by atoms with Crippen molar-refractivity contribution in [1.82, 2.24) is 0 Å². The van der Waals surface area contributed by atoms with Gasteiger partial charge in [0.05, 0.1) is 0 Å². The van der Waals surface area contributed by atoms with Gasteiger partial charge in [-0.25, -0.2) is 0 Å². The molecule has 0 radical (unpaired) electrons. The van der Waals surface area contributed by atoms with Crippen LogP contribution in [0.1, 0.15) is 303 Å². The fourth-order valence-corrected chi connectivity index (χ4v) is 9.14. The lowest BCUT2D eigenvalue weighted by atomic mass is 10.1. The molecule has 0 saturated carbocycles. The Morgan fingerprint density at radius 2 is 0.481 bits per heavy atom. The summed E-state index contributed by atoms with van der Waals surface area (Å²) in [6.07, 6.45) is 96.0. The summed E-state index contributed by atoms with van der Waals surface area (Å²) in [6.45, 7) is 6.41. The molecular weight excluding hydrogens is 997 g/mol. The fraction of sp³-hybridized carbons (Fsp3) is 0.667. The first kappa shape index (κ1) is 76.5. The van der Waals surface area contributed by atoms with Gasteiger partial charge in [-0.3, -0.25) is 14.4 Å². The van der Waals surface area contributed by atoms with E-state index in [1.54, 1.807) is 0 Å². The Labute approximate surface area is 500 Å². The van der Waals surface area contributed by atoms with E-state index in [9.17, 15) is 14.4 Å². The molecule has 0 aliphatic carbocycles. The van der Waals surface area contributed by atoms with Crippen LogP contribution in [0.15, 0.2) is 134 Å². The van der Waals surface area contributed by atoms with Crippen molar-refractivity contribution < 1.29 is 28.6 Å². The van der Waals surface area contributed by atoms with Crippen molar-refractivity contribution in [2.45, 2.75) is 309 Å². The minimum absolute atomic E-state index is 0.0913. The standard InChI is InChI=1S/C75H124O6/c1-4-7-10-13-16-19-22-25-28-30-32-34-36-37-39-40-42-44-47-50-53-56-59-62-65-68-74(77)80-71-72(70-79-73(76)67-64-61-58-55-52-49-46-27-24-21-18-15-12-9-6-3)81-75(78)69-66-63-60-57-54-51-48-45-43-41-38-35-33-31-29-26-23-20-17-14-11-8-5-2/h7-8,10-11,16-17,19-20,25-29,32-35,37,39,41,43,46,72H,4-6,9,12-15,18,21-24,30-31,36,38,40,42,44-45,47-71H2,1-3H3/b10-7-,11-8-,19-16-,20-17-,28-25-,29-26-,34-32-,35-33-,39-37-,43-41-,46-27-. The predicted molar refractivity (Wildman–Crippen MR) is 353 cm³/mol. The summed E-state index contributed by atoms with van der Waals surface area (Å²) in [7, 11) is 0. The largest absolute Gasteiger partial charge is 0.462 e. The molecule has 0 bridgehead atoms. The van der Waals surface area contributed by atoms with Crippen LogP contribution in [0.4, 0.5) is 0 Å². The zero-order chi connectivity index (χ0) is 58.5. The number of unbranched alkanes of at least 4 members (excludes halogenated alkanes) is 27. The molecule has 0 aromatic rings. The molecule has 0 rings (SSSR count). The van der Waals surface area contributed by atoms with E-state index in [4.69, 9.17) is 14.2 Å². The first-order valence-electron chi connectivity index (χ1n) is 33.7. The van der Waals surface area contributed by atoms with Gasteiger partial charge in [-0.2, -0.15) is 0 Å². The van der Waals surface area contributed by atoms with E-state index >= 15 is 0 Å². The average molecular weight is 1120 g/mol. The third kappa shape index (κ3) is 66.2. The van der Waals surface area contributed by atoms with Gasteiger partial charge in [0, 0.05) is 19.3 Å². The van der Waals surface area contributed by atoms with E-state index in [-0.39, 0.29) is 31.1 Å². The minimum Gasteiger partial charge on any atom is -0.462 e. The smallest absolute Gasteiger partial charge is 0.306 e. The van der Waals surface area contributed by atoms with Crippen molar-refractivity contribution >= 4 is 17.9 Å². The molecule has 6 nitrogen and oxygen atoms in total. The summed E-state index contributed by atoms with van der Waals surface area (Å²) in [6, 6.07) is 0. The zero-order valence-corrected chi connectivity index (χ0v) is 52.8. The third-order valence-corrected chi connectivity index (χ3v) is 14.1. The van der Waals surface area contributed by atoms with E-state index in [0.717, 1.165) is 141 Å². The highest BCUT2D eigenvalue weighted by atomic mass is 16.6. The monoisotopic (exact) mass is 1120 g/mol.